The molecular weight excluding hydrogens is 822 g/mol. The number of carbonyl (C=O) groups is 3. The van der Waals surface area contributed by atoms with Crippen LogP contribution >= 0.6 is 7.82 Å². The van der Waals surface area contributed by atoms with Crippen LogP contribution in [0.3, 0.4) is 0 Å². The zero-order chi connectivity index (χ0) is 46.5. The van der Waals surface area contributed by atoms with Crippen LogP contribution in [0.4, 0.5) is 0 Å². The number of nitrogens with two attached hydrogens (primary N) is 1. The van der Waals surface area contributed by atoms with Crippen LogP contribution in [0, 0.1) is 0 Å². The molecule has 0 saturated heterocycles. The summed E-state index contributed by atoms with van der Waals surface area (Å²) in [6.45, 7) is 2.31. The Morgan fingerprint density at radius 3 is 1.44 bits per heavy atom. The summed E-state index contributed by atoms with van der Waals surface area (Å²) in [6.07, 6.45) is 56.8. The van der Waals surface area contributed by atoms with E-state index in [1.807, 2.05) is 72.9 Å². The Balaban J connectivity index is 4.69. The molecule has 0 spiro atoms. The van der Waals surface area contributed by atoms with Crippen molar-refractivity contribution in [2.45, 2.75) is 128 Å². The van der Waals surface area contributed by atoms with Gasteiger partial charge in [0, 0.05) is 12.8 Å². The average molecular weight is 896 g/mol. The van der Waals surface area contributed by atoms with E-state index in [-0.39, 0.29) is 12.8 Å². The highest BCUT2D eigenvalue weighted by molar-refractivity contribution is 7.47. The quantitative estimate of drug-likeness (QED) is 0.0199. The number of esters is 2. The lowest BCUT2D eigenvalue weighted by atomic mass is 10.2. The Kier molecular flexibility index (Phi) is 39.4. The first-order chi connectivity index (χ1) is 30.5. The molecule has 0 radical (unpaired) electrons. The van der Waals surface area contributed by atoms with Crippen LogP contribution in [0.2, 0.25) is 0 Å². The van der Waals surface area contributed by atoms with E-state index in [2.05, 4.69) is 85.2 Å². The van der Waals surface area contributed by atoms with Crippen molar-refractivity contribution in [2.24, 2.45) is 5.73 Å². The van der Waals surface area contributed by atoms with E-state index < -0.39 is 63.8 Å². The first kappa shape index (κ1) is 58.3. The summed E-state index contributed by atoms with van der Waals surface area (Å²) in [4.78, 5) is 45.9. The minimum absolute atomic E-state index is 0.000113. The van der Waals surface area contributed by atoms with Crippen molar-refractivity contribution in [1.29, 1.82) is 0 Å². The molecule has 0 aliphatic carbocycles. The maximum Gasteiger partial charge on any atom is 0.472 e. The van der Waals surface area contributed by atoms with Gasteiger partial charge in [0.1, 0.15) is 12.6 Å². The highest BCUT2D eigenvalue weighted by atomic mass is 31.2. The molecule has 12 nitrogen and oxygen atoms in total. The van der Waals surface area contributed by atoms with Crippen molar-refractivity contribution < 1.29 is 52.6 Å². The Labute approximate surface area is 377 Å². The van der Waals surface area contributed by atoms with Crippen LogP contribution in [-0.2, 0) is 37.5 Å². The third kappa shape index (κ3) is 42.4. The number of aliphatic carboxylic acids is 1. The normalized spacial score (nSPS) is 15.5. The minimum atomic E-state index is -4.78. The van der Waals surface area contributed by atoms with Crippen LogP contribution in [0.15, 0.2) is 146 Å². The molecule has 0 aromatic carbocycles. The van der Waals surface area contributed by atoms with E-state index in [4.69, 9.17) is 24.8 Å². The van der Waals surface area contributed by atoms with Crippen LogP contribution in [0.25, 0.3) is 0 Å². The number of hydrogen-bond acceptors (Lipinski definition) is 10. The van der Waals surface area contributed by atoms with Crippen molar-refractivity contribution in [3.63, 3.8) is 0 Å². The topological polar surface area (TPSA) is 192 Å². The van der Waals surface area contributed by atoms with Gasteiger partial charge in [-0.05, 0) is 83.5 Å². The van der Waals surface area contributed by atoms with Gasteiger partial charge in [0.15, 0.2) is 6.10 Å². The van der Waals surface area contributed by atoms with Gasteiger partial charge < -0.3 is 30.3 Å². The molecule has 2 unspecified atom stereocenters. The maximum absolute atomic E-state index is 12.6. The summed E-state index contributed by atoms with van der Waals surface area (Å²) in [5.74, 6) is -2.65. The van der Waals surface area contributed by atoms with Gasteiger partial charge in [-0.15, -0.1) is 0 Å². The summed E-state index contributed by atoms with van der Waals surface area (Å²) >= 11 is 0. The van der Waals surface area contributed by atoms with Crippen LogP contribution in [0.1, 0.15) is 110 Å². The number of rotatable bonds is 38. The molecule has 5 N–H and O–H groups in total. The van der Waals surface area contributed by atoms with Crippen molar-refractivity contribution >= 4 is 25.7 Å². The Bertz CT molecular complexity index is 1630. The number of ether oxygens (including phenoxy) is 2. The maximum atomic E-state index is 12.6. The largest absolute Gasteiger partial charge is 0.480 e. The lowest BCUT2D eigenvalue weighted by molar-refractivity contribution is -0.161. The molecule has 0 aromatic rings. The summed E-state index contributed by atoms with van der Waals surface area (Å²) in [5, 5.41) is 18.9. The third-order valence-electron chi connectivity index (χ3n) is 8.19. The highest BCUT2D eigenvalue weighted by Crippen LogP contribution is 2.43. The van der Waals surface area contributed by atoms with Gasteiger partial charge in [-0.3, -0.25) is 23.4 Å². The monoisotopic (exact) mass is 895 g/mol. The fourth-order valence-electron chi connectivity index (χ4n) is 4.79. The standard InChI is InChI=1S/C50H74NO11P/c1-3-5-7-9-11-12-13-14-15-16-17-18-19-20-21-26-29-33-37-41-49(54)62-46(43-60-63(57,58)61-44-47(51)50(55)56)42-59-48(53)40-36-32-28-25-23-22-24-27-31-35-39-45(52)38-34-30-10-8-6-4-2/h5-8,11-12,14-15,17-18,20-23,27-35,39,45-47,52H,3-4,9-10,13,16,19,24-26,36-38,40-44,51H2,1-2H3,(H,55,56)(H,57,58)/b7-5-,8-6-,12-11-,15-14-,18-17-,21-20-,23-22-,31-27-,32-28-,33-29-,34-30-,39-35+/t45?,46-,47+/m1/s1. The van der Waals surface area contributed by atoms with E-state index in [1.54, 1.807) is 6.08 Å². The number of phosphoric acid groups is 1. The van der Waals surface area contributed by atoms with E-state index in [0.717, 1.165) is 51.4 Å². The summed E-state index contributed by atoms with van der Waals surface area (Å²) in [7, 11) is -4.78. The third-order valence-corrected chi connectivity index (χ3v) is 9.14. The van der Waals surface area contributed by atoms with Gasteiger partial charge in [0.05, 0.1) is 19.3 Å². The number of carboxylic acids is 1. The average Bonchev–Trinajstić information content (AvgIpc) is 3.26. The van der Waals surface area contributed by atoms with Crippen molar-refractivity contribution in [1.82, 2.24) is 0 Å². The molecule has 63 heavy (non-hydrogen) atoms. The zero-order valence-corrected chi connectivity index (χ0v) is 38.3. The SMILES string of the molecule is CC/C=C\C/C=C\C/C=C\C/C=C\C/C=C\C/C=C\CCC(=O)O[C@H](COC(=O)CC/C=C\C/C=C\C/C=C\C=C\C(O)C/C=C\C/C=C\CC)COP(=O)(O)OC[C@H](N)C(=O)O. The van der Waals surface area contributed by atoms with Crippen molar-refractivity contribution in [3.8, 4) is 0 Å². The Morgan fingerprint density at radius 2 is 0.968 bits per heavy atom. The lowest BCUT2D eigenvalue weighted by Gasteiger charge is -2.20. The van der Waals surface area contributed by atoms with E-state index in [0.29, 0.717) is 32.1 Å². The fraction of sp³-hybridized carbons (Fsp3) is 0.460. The molecule has 0 bridgehead atoms. The molecule has 0 aliphatic heterocycles. The molecule has 350 valence electrons. The number of phosphoric ester groups is 1. The van der Waals surface area contributed by atoms with Crippen LogP contribution < -0.4 is 5.73 Å². The van der Waals surface area contributed by atoms with Crippen molar-refractivity contribution in [2.75, 3.05) is 19.8 Å². The Morgan fingerprint density at radius 1 is 0.556 bits per heavy atom. The Hall–Kier alpha value is -4.68. The number of carboxylic acid groups (broad SMARTS) is 1. The molecule has 0 aromatic heterocycles. The number of aliphatic hydroxyl groups is 1. The van der Waals surface area contributed by atoms with Gasteiger partial charge in [-0.25, -0.2) is 4.57 Å². The van der Waals surface area contributed by atoms with E-state index in [9.17, 15) is 28.9 Å². The highest BCUT2D eigenvalue weighted by Gasteiger charge is 2.28. The fourth-order valence-corrected chi connectivity index (χ4v) is 5.56. The molecule has 0 aliphatic rings. The van der Waals surface area contributed by atoms with Crippen LogP contribution in [0.5, 0.6) is 0 Å². The van der Waals surface area contributed by atoms with E-state index in [1.165, 1.54) is 0 Å². The van der Waals surface area contributed by atoms with E-state index >= 15 is 0 Å². The second kappa shape index (κ2) is 42.6. The number of allylic oxidation sites excluding steroid dienone is 22. The second-order valence-corrected chi connectivity index (χ2v) is 15.4. The van der Waals surface area contributed by atoms with Crippen LogP contribution in [-0.4, -0.2) is 71.1 Å². The predicted octanol–water partition coefficient (Wildman–Crippen LogP) is 10.9. The van der Waals surface area contributed by atoms with Gasteiger partial charge in [-0.1, -0.05) is 160 Å². The predicted molar refractivity (Wildman–Crippen MR) is 254 cm³/mol. The summed E-state index contributed by atoms with van der Waals surface area (Å²) in [5.41, 5.74) is 5.32. The molecule has 0 fully saturated rings. The molecule has 0 rings (SSSR count). The van der Waals surface area contributed by atoms with Gasteiger partial charge in [-0.2, -0.15) is 0 Å². The minimum Gasteiger partial charge on any atom is -0.480 e. The molecular formula is C50H74NO11P. The first-order valence-electron chi connectivity index (χ1n) is 22.0. The number of hydrogen-bond donors (Lipinski definition) is 4. The second-order valence-electron chi connectivity index (χ2n) is 13.9. The van der Waals surface area contributed by atoms with Gasteiger partial charge >= 0.3 is 25.7 Å². The number of carbonyl (C=O) groups excluding carboxylic acids is 2. The molecule has 0 amide bonds. The zero-order valence-electron chi connectivity index (χ0n) is 37.4. The first-order valence-corrected chi connectivity index (χ1v) is 23.5. The smallest absolute Gasteiger partial charge is 0.472 e. The molecule has 0 heterocycles. The lowest BCUT2D eigenvalue weighted by Crippen LogP contribution is -2.34. The summed E-state index contributed by atoms with van der Waals surface area (Å²) < 4.78 is 32.5. The number of aliphatic hydroxyl groups excluding tert-OH is 1. The molecule has 13 heteroatoms. The molecule has 0 saturated carbocycles. The molecule has 4 atom stereocenters. The van der Waals surface area contributed by atoms with Gasteiger partial charge in [0.25, 0.3) is 0 Å². The van der Waals surface area contributed by atoms with Crippen molar-refractivity contribution in [3.05, 3.63) is 146 Å². The van der Waals surface area contributed by atoms with Gasteiger partial charge in [0.2, 0.25) is 0 Å². The summed E-state index contributed by atoms with van der Waals surface area (Å²) in [6, 6.07) is -1.56.